The number of carboxylic acids is 1. The molecule has 3 aliphatic rings. The molecule has 3 aromatic rings. The number of carbonyl (C=O) groups excluding carboxylic acids is 2. The van der Waals surface area contributed by atoms with Gasteiger partial charge in [-0.15, -0.1) is 0 Å². The highest BCUT2D eigenvalue weighted by Crippen LogP contribution is 2.58. The van der Waals surface area contributed by atoms with E-state index in [4.69, 9.17) is 33.0 Å². The molecule has 1 saturated heterocycles. The Labute approximate surface area is 256 Å². The van der Waals surface area contributed by atoms with Crippen molar-refractivity contribution in [1.29, 1.82) is 0 Å². The molecule has 4 N–H and O–H groups in total. The van der Waals surface area contributed by atoms with Crippen molar-refractivity contribution in [1.82, 2.24) is 5.32 Å². The normalized spacial score (nSPS) is 22.7. The van der Waals surface area contributed by atoms with Gasteiger partial charge in [0.2, 0.25) is 12.3 Å². The van der Waals surface area contributed by atoms with Crippen LogP contribution in [-0.4, -0.2) is 49.8 Å². The number of carbonyl (C=O) groups is 3. The Morgan fingerprint density at radius 1 is 1.19 bits per heavy atom. The molecule has 0 bridgehead atoms. The highest BCUT2D eigenvalue weighted by Gasteiger charge is 2.63. The molecule has 0 aromatic heterocycles. The SMILES string of the molecule is COc1cc(C(=O)O)ccc1NC=O.O=C1Nc2cc(Cl)ccc2C12C(CC1(CF)CC1)NCC2c1cccc(Cl)c1F. The van der Waals surface area contributed by atoms with Crippen LogP contribution in [0, 0.1) is 11.2 Å². The molecule has 226 valence electrons. The van der Waals surface area contributed by atoms with Gasteiger partial charge < -0.3 is 25.8 Å². The smallest absolute Gasteiger partial charge is 0.335 e. The first kappa shape index (κ1) is 30.7. The van der Waals surface area contributed by atoms with Gasteiger partial charge >= 0.3 is 5.97 Å². The van der Waals surface area contributed by atoms with Gasteiger partial charge in [0.15, 0.2) is 0 Å². The summed E-state index contributed by atoms with van der Waals surface area (Å²) in [7, 11) is 1.40. The van der Waals surface area contributed by atoms with E-state index in [-0.39, 0.29) is 28.0 Å². The second-order valence-corrected chi connectivity index (χ2v) is 11.8. The molecule has 3 unspecified atom stereocenters. The summed E-state index contributed by atoms with van der Waals surface area (Å²) >= 11 is 12.2. The van der Waals surface area contributed by atoms with Gasteiger partial charge in [-0.05, 0) is 66.8 Å². The zero-order valence-corrected chi connectivity index (χ0v) is 24.6. The van der Waals surface area contributed by atoms with Gasteiger partial charge in [-0.25, -0.2) is 9.18 Å². The van der Waals surface area contributed by atoms with Crippen molar-refractivity contribution in [3.05, 3.63) is 87.2 Å². The van der Waals surface area contributed by atoms with Gasteiger partial charge in [0.1, 0.15) is 11.6 Å². The third-order valence-electron chi connectivity index (χ3n) is 8.62. The van der Waals surface area contributed by atoms with Crippen molar-refractivity contribution in [3.8, 4) is 5.75 Å². The van der Waals surface area contributed by atoms with E-state index in [2.05, 4.69) is 16.0 Å². The molecule has 43 heavy (non-hydrogen) atoms. The van der Waals surface area contributed by atoms with E-state index in [0.29, 0.717) is 47.1 Å². The fourth-order valence-corrected chi connectivity index (χ4v) is 6.59. The monoisotopic (exact) mass is 631 g/mol. The number of carboxylic acid groups (broad SMARTS) is 1. The number of hydrogen-bond acceptors (Lipinski definition) is 5. The molecule has 1 saturated carbocycles. The van der Waals surface area contributed by atoms with E-state index in [1.54, 1.807) is 24.3 Å². The van der Waals surface area contributed by atoms with Crippen molar-refractivity contribution in [3.63, 3.8) is 0 Å². The summed E-state index contributed by atoms with van der Waals surface area (Å²) in [5, 5.41) is 18.0. The van der Waals surface area contributed by atoms with Gasteiger partial charge in [0.05, 0.1) is 35.5 Å². The lowest BCUT2D eigenvalue weighted by atomic mass is 9.64. The maximum absolute atomic E-state index is 15.0. The zero-order chi connectivity index (χ0) is 30.9. The molecule has 1 spiro atoms. The van der Waals surface area contributed by atoms with Crippen LogP contribution < -0.4 is 20.7 Å². The van der Waals surface area contributed by atoms with E-state index in [1.165, 1.54) is 31.4 Å². The number of alkyl halides is 1. The molecule has 2 fully saturated rings. The zero-order valence-electron chi connectivity index (χ0n) is 23.1. The highest BCUT2D eigenvalue weighted by atomic mass is 35.5. The van der Waals surface area contributed by atoms with Crippen LogP contribution in [-0.2, 0) is 15.0 Å². The fraction of sp³-hybridized carbons (Fsp3) is 0.323. The standard InChI is InChI=1S/C22H20Cl2F2N2O.C9H9NO4/c23-12-4-5-14-17(8-12)28-20(29)22(14)15(13-2-1-3-16(24)19(13)26)10-27-18(22)9-21(11-25)6-7-21;1-14-8-4-6(9(12)13)2-3-7(8)10-5-11/h1-5,8,15,18,27H,6-7,9-11H2,(H,28,29);2-5H,1H3,(H,10,11)(H,12,13). The first-order chi connectivity index (χ1) is 20.6. The van der Waals surface area contributed by atoms with Crippen molar-refractivity contribution in [2.45, 2.75) is 36.6 Å². The summed E-state index contributed by atoms with van der Waals surface area (Å²) in [4.78, 5) is 34.3. The molecule has 3 aromatic carbocycles. The second-order valence-electron chi connectivity index (χ2n) is 11.0. The van der Waals surface area contributed by atoms with Crippen LogP contribution in [0.5, 0.6) is 5.75 Å². The Balaban J connectivity index is 0.000000222. The van der Waals surface area contributed by atoms with Gasteiger partial charge in [-0.1, -0.05) is 41.4 Å². The van der Waals surface area contributed by atoms with E-state index in [0.717, 1.165) is 18.4 Å². The van der Waals surface area contributed by atoms with Crippen molar-refractivity contribution < 1.29 is 33.0 Å². The Morgan fingerprint density at radius 3 is 2.60 bits per heavy atom. The number of halogens is 4. The van der Waals surface area contributed by atoms with Crippen LogP contribution in [0.4, 0.5) is 20.2 Å². The number of methoxy groups -OCH3 is 1. The highest BCUT2D eigenvalue weighted by molar-refractivity contribution is 6.31. The average Bonchev–Trinajstić information content (AvgIpc) is 3.59. The molecule has 3 atom stereocenters. The molecular formula is C31H29Cl2F2N3O5. The molecular weight excluding hydrogens is 603 g/mol. The topological polar surface area (TPSA) is 117 Å². The van der Waals surface area contributed by atoms with Gasteiger partial charge in [0.25, 0.3) is 0 Å². The van der Waals surface area contributed by atoms with Crippen LogP contribution in [0.1, 0.15) is 46.7 Å². The van der Waals surface area contributed by atoms with E-state index < -0.39 is 29.8 Å². The summed E-state index contributed by atoms with van der Waals surface area (Å²) in [5.74, 6) is -1.91. The molecule has 2 amide bonds. The number of anilines is 2. The first-order valence-corrected chi connectivity index (χ1v) is 14.3. The number of amides is 2. The largest absolute Gasteiger partial charge is 0.495 e. The Morgan fingerprint density at radius 2 is 1.95 bits per heavy atom. The molecule has 2 heterocycles. The van der Waals surface area contributed by atoms with E-state index in [9.17, 15) is 18.8 Å². The predicted molar refractivity (Wildman–Crippen MR) is 160 cm³/mol. The van der Waals surface area contributed by atoms with Crippen LogP contribution in [0.3, 0.4) is 0 Å². The van der Waals surface area contributed by atoms with E-state index >= 15 is 4.39 Å². The minimum Gasteiger partial charge on any atom is -0.495 e. The number of rotatable bonds is 8. The summed E-state index contributed by atoms with van der Waals surface area (Å²) < 4.78 is 33.7. The number of benzene rings is 3. The van der Waals surface area contributed by atoms with Crippen LogP contribution in [0.2, 0.25) is 10.0 Å². The first-order valence-electron chi connectivity index (χ1n) is 13.6. The lowest BCUT2D eigenvalue weighted by Gasteiger charge is -2.36. The van der Waals surface area contributed by atoms with Crippen molar-refractivity contribution >= 4 is 52.9 Å². The molecule has 0 radical (unpaired) electrons. The summed E-state index contributed by atoms with van der Waals surface area (Å²) in [6.07, 6.45) is 2.64. The molecule has 8 nitrogen and oxygen atoms in total. The van der Waals surface area contributed by atoms with Crippen molar-refractivity contribution in [2.75, 3.05) is 31.0 Å². The molecule has 1 aliphatic carbocycles. The number of hydrogen-bond donors (Lipinski definition) is 4. The second kappa shape index (κ2) is 12.1. The maximum Gasteiger partial charge on any atom is 0.335 e. The summed E-state index contributed by atoms with van der Waals surface area (Å²) in [6.45, 7) is -0.00761. The van der Waals surface area contributed by atoms with Gasteiger partial charge in [0, 0.05) is 34.6 Å². The lowest BCUT2D eigenvalue weighted by molar-refractivity contribution is -0.122. The number of aromatic carboxylic acids is 1. The number of ether oxygens (including phenoxy) is 1. The Bertz CT molecular complexity index is 1580. The minimum absolute atomic E-state index is 0.0262. The minimum atomic E-state index is -1.05. The van der Waals surface area contributed by atoms with Gasteiger partial charge in [-0.2, -0.15) is 0 Å². The average molecular weight is 632 g/mol. The third-order valence-corrected chi connectivity index (χ3v) is 9.14. The Hall–Kier alpha value is -3.73. The van der Waals surface area contributed by atoms with Crippen LogP contribution in [0.25, 0.3) is 0 Å². The van der Waals surface area contributed by atoms with E-state index in [1.807, 2.05) is 6.07 Å². The maximum atomic E-state index is 15.0. The molecule has 6 rings (SSSR count). The fourth-order valence-electron chi connectivity index (χ4n) is 6.23. The predicted octanol–water partition coefficient (Wildman–Crippen LogP) is 6.18. The van der Waals surface area contributed by atoms with Crippen molar-refractivity contribution in [2.24, 2.45) is 5.41 Å². The lowest BCUT2D eigenvalue weighted by Crippen LogP contribution is -2.49. The quantitative estimate of drug-likeness (QED) is 0.221. The molecule has 12 heteroatoms. The third kappa shape index (κ3) is 5.55. The van der Waals surface area contributed by atoms with Crippen LogP contribution in [0.15, 0.2) is 54.6 Å². The van der Waals surface area contributed by atoms with Gasteiger partial charge in [-0.3, -0.25) is 14.0 Å². The number of nitrogens with one attached hydrogen (secondary N) is 3. The summed E-state index contributed by atoms with van der Waals surface area (Å²) in [5.41, 5.74) is 0.925. The number of fused-ring (bicyclic) bond motifs is 2. The summed E-state index contributed by atoms with van der Waals surface area (Å²) in [6, 6.07) is 14.0. The van der Waals surface area contributed by atoms with Crippen LogP contribution >= 0.6 is 23.2 Å². The Kier molecular flexibility index (Phi) is 8.65. The molecule has 2 aliphatic heterocycles.